The zero-order valence-electron chi connectivity index (χ0n) is 24.4. The monoisotopic (exact) mass is 560 g/mol. The third-order valence-corrected chi connectivity index (χ3v) is 5.46. The predicted octanol–water partition coefficient (Wildman–Crippen LogP) is 1.92. The second kappa shape index (κ2) is 14.3. The van der Waals surface area contributed by atoms with E-state index in [9.17, 15) is 29.3 Å². The maximum Gasteiger partial charge on any atom is 0.408 e. The molecular formula is C25H44N4O10. The van der Waals surface area contributed by atoms with Gasteiger partial charge < -0.3 is 29.3 Å². The molecule has 1 aliphatic rings. The molecule has 1 heterocycles. The van der Waals surface area contributed by atoms with Crippen molar-refractivity contribution < 1.29 is 43.3 Å². The summed E-state index contributed by atoms with van der Waals surface area (Å²) in [6, 6.07) is -1.09. The Morgan fingerprint density at radius 3 is 2.00 bits per heavy atom. The second-order valence-corrected chi connectivity index (χ2v) is 12.0. The third kappa shape index (κ3) is 14.0. The summed E-state index contributed by atoms with van der Waals surface area (Å²) in [5, 5.41) is 12.0. The molecule has 0 saturated carbocycles. The van der Waals surface area contributed by atoms with Crippen LogP contribution in [0.1, 0.15) is 68.2 Å². The molecule has 0 unspecified atom stereocenters. The Morgan fingerprint density at radius 1 is 0.923 bits per heavy atom. The van der Waals surface area contributed by atoms with Crippen LogP contribution in [-0.2, 0) is 33.4 Å². The van der Waals surface area contributed by atoms with Gasteiger partial charge in [-0.05, 0) is 61.8 Å². The number of hydrogen-bond acceptors (Lipinski definition) is 11. The van der Waals surface area contributed by atoms with Crippen molar-refractivity contribution in [3.05, 3.63) is 10.1 Å². The van der Waals surface area contributed by atoms with Crippen LogP contribution in [0.5, 0.6) is 0 Å². The summed E-state index contributed by atoms with van der Waals surface area (Å²) in [6.07, 6.45) is -0.939. The van der Waals surface area contributed by atoms with Crippen LogP contribution in [-0.4, -0.2) is 102 Å². The molecule has 1 N–H and O–H groups in total. The summed E-state index contributed by atoms with van der Waals surface area (Å²) < 4.78 is 15.9. The minimum atomic E-state index is -1.09. The van der Waals surface area contributed by atoms with Crippen molar-refractivity contribution in [3.8, 4) is 0 Å². The largest absolute Gasteiger partial charge is 0.464 e. The molecule has 0 aromatic rings. The number of esters is 2. The van der Waals surface area contributed by atoms with E-state index in [0.29, 0.717) is 32.7 Å². The lowest BCUT2D eigenvalue weighted by Gasteiger charge is -2.38. The van der Waals surface area contributed by atoms with Gasteiger partial charge in [0.05, 0.1) is 5.41 Å². The summed E-state index contributed by atoms with van der Waals surface area (Å²) in [7, 11) is 0. The maximum atomic E-state index is 12.7. The first-order valence-corrected chi connectivity index (χ1v) is 13.0. The topological polar surface area (TPSA) is 167 Å². The fourth-order valence-electron chi connectivity index (χ4n) is 3.57. The van der Waals surface area contributed by atoms with Gasteiger partial charge in [-0.3, -0.25) is 14.5 Å². The Hall–Kier alpha value is -3.16. The SMILES string of the molecule is CC(C)(C)OC(=O)N[C@@H](CCC(=O)OCCN1CCN(C(=O)C(C)(C)CO[N+](=O)[O-])CC1)C(=O)OC(C)(C)C. The van der Waals surface area contributed by atoms with Crippen molar-refractivity contribution in [2.45, 2.75) is 85.5 Å². The second-order valence-electron chi connectivity index (χ2n) is 12.0. The van der Waals surface area contributed by atoms with E-state index in [1.54, 1.807) is 60.3 Å². The van der Waals surface area contributed by atoms with Crippen molar-refractivity contribution in [3.63, 3.8) is 0 Å². The van der Waals surface area contributed by atoms with Crippen molar-refractivity contribution in [2.75, 3.05) is 45.9 Å². The standard InChI is InChI=1S/C25H44N4O10/c1-23(2,3)38-20(31)18(26-22(33)39-24(4,5)6)9-10-19(30)36-16-15-27-11-13-28(14-12-27)21(32)25(7,8)17-37-29(34)35/h18H,9-17H2,1-8H3,(H,26,33)/t18-/m0/s1. The molecule has 1 atom stereocenters. The van der Waals surface area contributed by atoms with Crippen LogP contribution in [0.3, 0.4) is 0 Å². The Bertz CT molecular complexity index is 871. The predicted molar refractivity (Wildman–Crippen MR) is 139 cm³/mol. The molecule has 0 aliphatic carbocycles. The zero-order valence-corrected chi connectivity index (χ0v) is 24.4. The van der Waals surface area contributed by atoms with Gasteiger partial charge in [0.1, 0.15) is 30.5 Å². The number of ether oxygens (including phenoxy) is 3. The van der Waals surface area contributed by atoms with Gasteiger partial charge in [0, 0.05) is 39.1 Å². The highest BCUT2D eigenvalue weighted by Gasteiger charge is 2.35. The first kappa shape index (κ1) is 33.9. The van der Waals surface area contributed by atoms with Crippen molar-refractivity contribution in [1.82, 2.24) is 15.1 Å². The third-order valence-electron chi connectivity index (χ3n) is 5.46. The number of rotatable bonds is 12. The molecule has 1 aliphatic heterocycles. The molecule has 39 heavy (non-hydrogen) atoms. The van der Waals surface area contributed by atoms with E-state index in [1.807, 2.05) is 4.90 Å². The number of alkyl carbamates (subject to hydrolysis) is 1. The molecule has 14 heteroatoms. The lowest BCUT2D eigenvalue weighted by atomic mass is 9.92. The number of carbonyl (C=O) groups is 4. The first-order valence-electron chi connectivity index (χ1n) is 13.0. The van der Waals surface area contributed by atoms with Crippen LogP contribution in [0.2, 0.25) is 0 Å². The minimum Gasteiger partial charge on any atom is -0.464 e. The lowest BCUT2D eigenvalue weighted by molar-refractivity contribution is -0.760. The van der Waals surface area contributed by atoms with E-state index >= 15 is 0 Å². The molecule has 1 saturated heterocycles. The summed E-state index contributed by atoms with van der Waals surface area (Å²) in [5.41, 5.74) is -2.57. The van der Waals surface area contributed by atoms with Gasteiger partial charge >= 0.3 is 18.0 Å². The van der Waals surface area contributed by atoms with Crippen LogP contribution in [0.25, 0.3) is 0 Å². The molecule has 0 aromatic heterocycles. The van der Waals surface area contributed by atoms with Gasteiger partial charge in [0.15, 0.2) is 0 Å². The van der Waals surface area contributed by atoms with Gasteiger partial charge in [0.2, 0.25) is 5.91 Å². The molecule has 0 aromatic carbocycles. The van der Waals surface area contributed by atoms with Crippen molar-refractivity contribution >= 4 is 23.9 Å². The summed E-state index contributed by atoms with van der Waals surface area (Å²) >= 11 is 0. The number of carbonyl (C=O) groups excluding carboxylic acids is 4. The highest BCUT2D eigenvalue weighted by molar-refractivity contribution is 5.83. The number of hydrogen-bond donors (Lipinski definition) is 1. The molecule has 0 spiro atoms. The van der Waals surface area contributed by atoms with Gasteiger partial charge in [-0.25, -0.2) is 9.59 Å². The molecule has 0 bridgehead atoms. The quantitative estimate of drug-likeness (QED) is 0.160. The average molecular weight is 561 g/mol. The Labute approximate surface area is 229 Å². The molecule has 1 rings (SSSR count). The van der Waals surface area contributed by atoms with Gasteiger partial charge in [-0.2, -0.15) is 0 Å². The fourth-order valence-corrected chi connectivity index (χ4v) is 3.57. The van der Waals surface area contributed by atoms with E-state index in [-0.39, 0.29) is 32.0 Å². The van der Waals surface area contributed by atoms with E-state index in [4.69, 9.17) is 14.2 Å². The first-order chi connectivity index (χ1) is 17.8. The summed E-state index contributed by atoms with van der Waals surface area (Å²) in [4.78, 5) is 68.3. The van der Waals surface area contributed by atoms with Crippen molar-refractivity contribution in [1.29, 1.82) is 0 Å². The zero-order chi connectivity index (χ0) is 30.0. The Kier molecular flexibility index (Phi) is 12.4. The molecule has 14 nitrogen and oxygen atoms in total. The van der Waals surface area contributed by atoms with Crippen LogP contribution in [0.15, 0.2) is 0 Å². The summed E-state index contributed by atoms with van der Waals surface area (Å²) in [5.74, 6) is -1.44. The number of piperazine rings is 1. The maximum absolute atomic E-state index is 12.7. The fraction of sp³-hybridized carbons (Fsp3) is 0.840. The minimum absolute atomic E-state index is 0.0241. The average Bonchev–Trinajstić information content (AvgIpc) is 2.78. The number of amides is 2. The normalized spacial score (nSPS) is 15.6. The van der Waals surface area contributed by atoms with Crippen molar-refractivity contribution in [2.24, 2.45) is 5.41 Å². The van der Waals surface area contributed by atoms with Crippen LogP contribution < -0.4 is 5.32 Å². The van der Waals surface area contributed by atoms with Crippen LogP contribution in [0, 0.1) is 15.5 Å². The molecule has 1 fully saturated rings. The summed E-state index contributed by atoms with van der Waals surface area (Å²) in [6.45, 7) is 15.6. The van der Waals surface area contributed by atoms with E-state index < -0.39 is 45.8 Å². The van der Waals surface area contributed by atoms with E-state index in [2.05, 4.69) is 10.2 Å². The molecule has 0 radical (unpaired) electrons. The van der Waals surface area contributed by atoms with Gasteiger partial charge in [-0.1, -0.05) is 0 Å². The molecule has 2 amide bonds. The smallest absolute Gasteiger partial charge is 0.408 e. The van der Waals surface area contributed by atoms with Crippen LogP contribution >= 0.6 is 0 Å². The Morgan fingerprint density at radius 2 is 1.49 bits per heavy atom. The highest BCUT2D eigenvalue weighted by Crippen LogP contribution is 2.21. The molecule has 224 valence electrons. The lowest BCUT2D eigenvalue weighted by Crippen LogP contribution is -2.53. The molecular weight excluding hydrogens is 516 g/mol. The Balaban J connectivity index is 2.49. The van der Waals surface area contributed by atoms with Crippen LogP contribution in [0.4, 0.5) is 4.79 Å². The van der Waals surface area contributed by atoms with Gasteiger partial charge in [-0.15, -0.1) is 10.1 Å². The highest BCUT2D eigenvalue weighted by atomic mass is 16.9. The van der Waals surface area contributed by atoms with Gasteiger partial charge in [0.25, 0.3) is 5.09 Å². The number of nitrogens with one attached hydrogen (secondary N) is 1. The number of nitrogens with zero attached hydrogens (tertiary/aromatic N) is 3. The van der Waals surface area contributed by atoms with E-state index in [1.165, 1.54) is 0 Å². The van der Waals surface area contributed by atoms with E-state index in [0.717, 1.165) is 0 Å².